The number of aromatic nitrogens is 1. The maximum absolute atomic E-state index is 5.75. The number of halogens is 1. The molecule has 130 valence electrons. The Morgan fingerprint density at radius 1 is 0.880 bits per heavy atom. The molecule has 2 aromatic carbocycles. The van der Waals surface area contributed by atoms with Gasteiger partial charge in [0.1, 0.15) is 23.9 Å². The van der Waals surface area contributed by atoms with Crippen molar-refractivity contribution in [1.82, 2.24) is 4.98 Å². The minimum absolute atomic E-state index is 0.188. The number of benzene rings is 2. The average molecular weight is 358 g/mol. The number of hydrogen-bond acceptors (Lipinski definition) is 6. The molecule has 0 saturated carbocycles. The second-order valence-corrected chi connectivity index (χ2v) is 5.61. The summed E-state index contributed by atoms with van der Waals surface area (Å²) in [6, 6.07) is 18.4. The molecule has 0 fully saturated rings. The van der Waals surface area contributed by atoms with Crippen LogP contribution in [0.3, 0.4) is 0 Å². The fraction of sp³-hybridized carbons (Fsp3) is 0.0556. The van der Waals surface area contributed by atoms with E-state index in [9.17, 15) is 0 Å². The second kappa shape index (κ2) is 8.65. The molecule has 0 saturated heterocycles. The van der Waals surface area contributed by atoms with E-state index in [0.29, 0.717) is 23.9 Å². The van der Waals surface area contributed by atoms with Crippen molar-refractivity contribution in [2.45, 2.75) is 6.61 Å². The molecular formula is C18H20ClN5O. The molecule has 1 aromatic heterocycles. The number of hydrogen-bond donors (Lipinski definition) is 4. The Bertz CT molecular complexity index is 789. The molecule has 3 rings (SSSR count). The topological polar surface area (TPSA) is 126 Å². The molecule has 0 aliphatic carbocycles. The Morgan fingerprint density at radius 2 is 1.52 bits per heavy atom. The molecule has 6 nitrogen and oxygen atoms in total. The first-order valence-corrected chi connectivity index (χ1v) is 7.82. The van der Waals surface area contributed by atoms with E-state index >= 15 is 0 Å². The average Bonchev–Trinajstić information content (AvgIpc) is 2.61. The lowest BCUT2D eigenvalue weighted by Gasteiger charge is -2.10. The first-order chi connectivity index (χ1) is 12.0. The first-order valence-electron chi connectivity index (χ1n) is 7.45. The van der Waals surface area contributed by atoms with Crippen LogP contribution in [0, 0.1) is 0 Å². The van der Waals surface area contributed by atoms with E-state index in [-0.39, 0.29) is 5.82 Å². The standard InChI is InChI=1S/C12H14N4O.C6H6ClN/c13-10-6-9(11(14)12(15)16-10)17-7-8-4-2-1-3-5-8;7-5-1-3-6(8)4-2-5/h1-6H,7,14H2,(H4,13,15,16);1-4H,8H2. The predicted molar refractivity (Wildman–Crippen MR) is 104 cm³/mol. The Balaban J connectivity index is 0.000000236. The summed E-state index contributed by atoms with van der Waals surface area (Å²) in [5.41, 5.74) is 24.4. The zero-order chi connectivity index (χ0) is 18.2. The van der Waals surface area contributed by atoms with Crippen LogP contribution in [-0.2, 0) is 6.61 Å². The van der Waals surface area contributed by atoms with Crippen molar-refractivity contribution in [3.05, 3.63) is 71.2 Å². The van der Waals surface area contributed by atoms with E-state index in [1.165, 1.54) is 0 Å². The fourth-order valence-corrected chi connectivity index (χ4v) is 2.01. The molecule has 0 unspecified atom stereocenters. The molecule has 0 amide bonds. The van der Waals surface area contributed by atoms with Gasteiger partial charge in [-0.3, -0.25) is 0 Å². The van der Waals surface area contributed by atoms with E-state index in [0.717, 1.165) is 16.3 Å². The van der Waals surface area contributed by atoms with Gasteiger partial charge in [-0.25, -0.2) is 4.98 Å². The molecule has 0 spiro atoms. The minimum Gasteiger partial charge on any atom is -0.486 e. The molecule has 1 heterocycles. The van der Waals surface area contributed by atoms with Crippen molar-refractivity contribution >= 4 is 34.6 Å². The Hall–Kier alpha value is -3.12. The van der Waals surface area contributed by atoms with Crippen molar-refractivity contribution in [3.8, 4) is 5.75 Å². The monoisotopic (exact) mass is 357 g/mol. The summed E-state index contributed by atoms with van der Waals surface area (Å²) in [5.74, 6) is 0.937. The smallest absolute Gasteiger partial charge is 0.152 e. The maximum atomic E-state index is 5.75. The molecule has 0 aliphatic rings. The van der Waals surface area contributed by atoms with Gasteiger partial charge in [0, 0.05) is 16.8 Å². The quantitative estimate of drug-likeness (QED) is 0.532. The summed E-state index contributed by atoms with van der Waals surface area (Å²) in [5, 5.41) is 0.721. The molecule has 3 aromatic rings. The number of nitrogens with two attached hydrogens (primary N) is 4. The van der Waals surface area contributed by atoms with Gasteiger partial charge in [0.05, 0.1) is 0 Å². The van der Waals surface area contributed by atoms with Crippen molar-refractivity contribution in [2.75, 3.05) is 22.9 Å². The lowest BCUT2D eigenvalue weighted by molar-refractivity contribution is 0.308. The van der Waals surface area contributed by atoms with Crippen LogP contribution in [0.5, 0.6) is 5.75 Å². The van der Waals surface area contributed by atoms with Crippen LogP contribution in [0.2, 0.25) is 5.02 Å². The van der Waals surface area contributed by atoms with Gasteiger partial charge in [-0.1, -0.05) is 41.9 Å². The largest absolute Gasteiger partial charge is 0.486 e. The summed E-state index contributed by atoms with van der Waals surface area (Å²) >= 11 is 5.56. The van der Waals surface area contributed by atoms with Crippen LogP contribution < -0.4 is 27.7 Å². The summed E-state index contributed by atoms with van der Waals surface area (Å²) in [4.78, 5) is 3.84. The third kappa shape index (κ3) is 5.78. The van der Waals surface area contributed by atoms with Crippen LogP contribution in [0.4, 0.5) is 23.0 Å². The van der Waals surface area contributed by atoms with E-state index in [2.05, 4.69) is 4.98 Å². The highest BCUT2D eigenvalue weighted by atomic mass is 35.5. The minimum atomic E-state index is 0.188. The zero-order valence-electron chi connectivity index (χ0n) is 13.5. The second-order valence-electron chi connectivity index (χ2n) is 5.17. The van der Waals surface area contributed by atoms with E-state index in [1.807, 2.05) is 30.3 Å². The number of rotatable bonds is 3. The highest BCUT2D eigenvalue weighted by Gasteiger charge is 2.07. The van der Waals surface area contributed by atoms with Gasteiger partial charge in [-0.05, 0) is 29.8 Å². The number of nitrogens with zero attached hydrogens (tertiary/aromatic N) is 1. The maximum Gasteiger partial charge on any atom is 0.152 e. The zero-order valence-corrected chi connectivity index (χ0v) is 14.3. The number of nitrogen functional groups attached to an aromatic ring is 4. The lowest BCUT2D eigenvalue weighted by atomic mass is 10.2. The van der Waals surface area contributed by atoms with Gasteiger partial charge in [-0.15, -0.1) is 0 Å². The fourth-order valence-electron chi connectivity index (χ4n) is 1.89. The summed E-state index contributed by atoms with van der Waals surface area (Å²) in [7, 11) is 0. The third-order valence-corrected chi connectivity index (χ3v) is 3.43. The normalized spacial score (nSPS) is 9.80. The molecule has 0 radical (unpaired) electrons. The van der Waals surface area contributed by atoms with E-state index in [4.69, 9.17) is 39.3 Å². The van der Waals surface area contributed by atoms with Gasteiger partial charge in [0.25, 0.3) is 0 Å². The molecule has 7 heteroatoms. The summed E-state index contributed by atoms with van der Waals surface area (Å²) in [6.45, 7) is 0.411. The van der Waals surface area contributed by atoms with Gasteiger partial charge in [-0.2, -0.15) is 0 Å². The highest BCUT2D eigenvalue weighted by molar-refractivity contribution is 6.30. The Morgan fingerprint density at radius 3 is 2.12 bits per heavy atom. The molecule has 0 atom stereocenters. The first kappa shape index (κ1) is 18.2. The van der Waals surface area contributed by atoms with Crippen molar-refractivity contribution in [2.24, 2.45) is 0 Å². The summed E-state index contributed by atoms with van der Waals surface area (Å²) in [6.07, 6.45) is 0. The number of anilines is 4. The number of pyridine rings is 1. The molecule has 25 heavy (non-hydrogen) atoms. The number of ether oxygens (including phenoxy) is 1. The molecule has 0 aliphatic heterocycles. The molecule has 0 bridgehead atoms. The van der Waals surface area contributed by atoms with Crippen LogP contribution in [0.1, 0.15) is 5.56 Å². The van der Waals surface area contributed by atoms with Crippen LogP contribution >= 0.6 is 11.6 Å². The predicted octanol–water partition coefficient (Wildman–Crippen LogP) is 3.33. The van der Waals surface area contributed by atoms with Gasteiger partial charge < -0.3 is 27.7 Å². The van der Waals surface area contributed by atoms with Crippen molar-refractivity contribution in [3.63, 3.8) is 0 Å². The Kier molecular flexibility index (Phi) is 6.31. The van der Waals surface area contributed by atoms with Crippen molar-refractivity contribution < 1.29 is 4.74 Å². The third-order valence-electron chi connectivity index (χ3n) is 3.18. The van der Waals surface area contributed by atoms with Gasteiger partial charge in [0.2, 0.25) is 0 Å². The van der Waals surface area contributed by atoms with Crippen LogP contribution in [0.15, 0.2) is 60.7 Å². The summed E-state index contributed by atoms with van der Waals surface area (Å²) < 4.78 is 5.56. The lowest BCUT2D eigenvalue weighted by Crippen LogP contribution is -2.05. The van der Waals surface area contributed by atoms with E-state index < -0.39 is 0 Å². The van der Waals surface area contributed by atoms with Crippen molar-refractivity contribution in [1.29, 1.82) is 0 Å². The Labute approximate surface area is 151 Å². The molecular weight excluding hydrogens is 338 g/mol. The van der Waals surface area contributed by atoms with Gasteiger partial charge >= 0.3 is 0 Å². The van der Waals surface area contributed by atoms with E-state index in [1.54, 1.807) is 30.3 Å². The van der Waals surface area contributed by atoms with Gasteiger partial charge in [0.15, 0.2) is 5.82 Å². The van der Waals surface area contributed by atoms with Crippen LogP contribution in [-0.4, -0.2) is 4.98 Å². The SMILES string of the molecule is Nc1cc(OCc2ccccc2)c(N)c(N)n1.Nc1ccc(Cl)cc1. The molecule has 8 N–H and O–H groups in total. The van der Waals surface area contributed by atoms with Crippen LogP contribution in [0.25, 0.3) is 0 Å². The highest BCUT2D eigenvalue weighted by Crippen LogP contribution is 2.28.